The van der Waals surface area contributed by atoms with Crippen molar-refractivity contribution in [2.24, 2.45) is 4.99 Å². The van der Waals surface area contributed by atoms with Crippen molar-refractivity contribution in [3.63, 3.8) is 0 Å². The van der Waals surface area contributed by atoms with Gasteiger partial charge in [0.25, 0.3) is 0 Å². The van der Waals surface area contributed by atoms with Gasteiger partial charge < -0.3 is 9.73 Å². The van der Waals surface area contributed by atoms with Crippen LogP contribution in [0.1, 0.15) is 12.5 Å². The van der Waals surface area contributed by atoms with Gasteiger partial charge in [0.1, 0.15) is 18.1 Å². The number of nitrogens with zero attached hydrogens (tertiary/aromatic N) is 1. The van der Waals surface area contributed by atoms with E-state index in [4.69, 9.17) is 4.42 Å². The van der Waals surface area contributed by atoms with Gasteiger partial charge in [-0.2, -0.15) is 0 Å². The number of carbonyl (C=O) groups is 1. The van der Waals surface area contributed by atoms with Gasteiger partial charge in [0, 0.05) is 0 Å². The maximum atomic E-state index is 11.0. The van der Waals surface area contributed by atoms with Crippen LogP contribution >= 0.6 is 0 Å². The maximum Gasteiger partial charge on any atom is 0.250 e. The van der Waals surface area contributed by atoms with Crippen molar-refractivity contribution in [2.75, 3.05) is 0 Å². The van der Waals surface area contributed by atoms with Crippen molar-refractivity contribution < 1.29 is 9.21 Å². The summed E-state index contributed by atoms with van der Waals surface area (Å²) in [6.45, 7) is 1.75. The number of hydrogen-bond donors (Lipinski definition) is 1. The molecule has 1 aromatic heterocycles. The fraction of sp³-hybridized carbons (Fsp3) is 0.250. The van der Waals surface area contributed by atoms with Crippen molar-refractivity contribution in [3.05, 3.63) is 24.2 Å². The molecular formula is C8H8N2O2. The number of amides is 1. The highest BCUT2D eigenvalue weighted by Crippen LogP contribution is 2.07. The summed E-state index contributed by atoms with van der Waals surface area (Å²) in [6.07, 6.45) is 3.10. The minimum absolute atomic E-state index is 0.0637. The van der Waals surface area contributed by atoms with Crippen LogP contribution in [0.4, 0.5) is 0 Å². The Bertz CT molecular complexity index is 327. The molecule has 62 valence electrons. The molecule has 0 fully saturated rings. The number of rotatable bonds is 1. The molecule has 1 atom stereocenters. The van der Waals surface area contributed by atoms with E-state index in [1.165, 1.54) is 0 Å². The van der Waals surface area contributed by atoms with Crippen LogP contribution in [0, 0.1) is 0 Å². The van der Waals surface area contributed by atoms with Gasteiger partial charge in [-0.3, -0.25) is 9.79 Å². The Hall–Kier alpha value is -1.58. The molecule has 4 nitrogen and oxygen atoms in total. The third-order valence-electron chi connectivity index (χ3n) is 1.74. The van der Waals surface area contributed by atoms with Gasteiger partial charge in [-0.25, -0.2) is 0 Å². The highest BCUT2D eigenvalue weighted by atomic mass is 16.3. The molecule has 1 aromatic rings. The first kappa shape index (κ1) is 7.09. The molecule has 0 spiro atoms. The summed E-state index contributed by atoms with van der Waals surface area (Å²) in [5, 5.41) is 2.66. The van der Waals surface area contributed by atoms with Crippen LogP contribution in [0.25, 0.3) is 0 Å². The van der Waals surface area contributed by atoms with Gasteiger partial charge in [-0.1, -0.05) is 0 Å². The lowest BCUT2D eigenvalue weighted by Crippen LogP contribution is -2.27. The predicted octanol–water partition coefficient (Wildman–Crippen LogP) is 0.544. The van der Waals surface area contributed by atoms with Gasteiger partial charge in [0.15, 0.2) is 0 Å². The van der Waals surface area contributed by atoms with Gasteiger partial charge >= 0.3 is 0 Å². The number of amidine groups is 1. The normalized spacial score (nSPS) is 22.2. The summed E-state index contributed by atoms with van der Waals surface area (Å²) in [4.78, 5) is 15.1. The third kappa shape index (κ3) is 1.01. The van der Waals surface area contributed by atoms with Crippen LogP contribution in [0.3, 0.4) is 0 Å². The molecule has 0 aliphatic carbocycles. The molecule has 0 saturated heterocycles. The smallest absolute Gasteiger partial charge is 0.250 e. The fourth-order valence-electron chi connectivity index (χ4n) is 1.05. The van der Waals surface area contributed by atoms with Crippen molar-refractivity contribution in [1.82, 2.24) is 5.32 Å². The lowest BCUT2D eigenvalue weighted by Gasteiger charge is -1.93. The third-order valence-corrected chi connectivity index (χ3v) is 1.74. The van der Waals surface area contributed by atoms with Crippen LogP contribution in [0.2, 0.25) is 0 Å². The number of carbonyl (C=O) groups excluding carboxylic acids is 1. The molecule has 0 aromatic carbocycles. The molecule has 1 unspecified atom stereocenters. The lowest BCUT2D eigenvalue weighted by molar-refractivity contribution is -0.119. The Labute approximate surface area is 69.3 Å². The van der Waals surface area contributed by atoms with Gasteiger partial charge in [-0.05, 0) is 13.0 Å². The zero-order chi connectivity index (χ0) is 8.55. The van der Waals surface area contributed by atoms with E-state index in [1.807, 2.05) is 0 Å². The van der Waals surface area contributed by atoms with Gasteiger partial charge in [0.05, 0.1) is 11.8 Å². The second-order valence-corrected chi connectivity index (χ2v) is 2.65. The summed E-state index contributed by atoms with van der Waals surface area (Å²) in [7, 11) is 0. The van der Waals surface area contributed by atoms with Crippen LogP contribution < -0.4 is 5.32 Å². The largest absolute Gasteiger partial charge is 0.472 e. The second kappa shape index (κ2) is 2.48. The molecule has 12 heavy (non-hydrogen) atoms. The highest BCUT2D eigenvalue weighted by molar-refractivity contribution is 6.13. The van der Waals surface area contributed by atoms with Crippen molar-refractivity contribution in [3.8, 4) is 0 Å². The summed E-state index contributed by atoms with van der Waals surface area (Å²) in [5.74, 6) is 0.535. The van der Waals surface area contributed by atoms with E-state index in [9.17, 15) is 4.79 Å². The zero-order valence-electron chi connectivity index (χ0n) is 6.57. The Morgan fingerprint density at radius 3 is 3.00 bits per heavy atom. The van der Waals surface area contributed by atoms with E-state index in [1.54, 1.807) is 25.5 Å². The van der Waals surface area contributed by atoms with E-state index < -0.39 is 0 Å². The van der Waals surface area contributed by atoms with E-state index in [0.717, 1.165) is 5.56 Å². The first-order chi connectivity index (χ1) is 5.77. The molecule has 2 rings (SSSR count). The summed E-state index contributed by atoms with van der Waals surface area (Å²) < 4.78 is 4.87. The molecular weight excluding hydrogens is 156 g/mol. The second-order valence-electron chi connectivity index (χ2n) is 2.65. The number of aliphatic imine (C=N–C) groups is 1. The lowest BCUT2D eigenvalue weighted by atomic mass is 10.3. The molecule has 1 aliphatic rings. The molecule has 1 aliphatic heterocycles. The Kier molecular flexibility index (Phi) is 1.46. The average Bonchev–Trinajstić information content (AvgIpc) is 2.61. The number of hydrogen-bond acceptors (Lipinski definition) is 3. The van der Waals surface area contributed by atoms with Crippen LogP contribution in [-0.2, 0) is 4.79 Å². The standard InChI is InChI=1S/C8H8N2O2/c1-5-8(11)10-7(9-5)6-2-3-12-4-6/h2-5H,1H3,(H,9,10,11). The molecule has 0 saturated carbocycles. The summed E-state index contributed by atoms with van der Waals surface area (Å²) in [5.41, 5.74) is 0.813. The maximum absolute atomic E-state index is 11.0. The van der Waals surface area contributed by atoms with E-state index in [-0.39, 0.29) is 11.9 Å². The van der Waals surface area contributed by atoms with E-state index in [0.29, 0.717) is 5.84 Å². The molecule has 1 N–H and O–H groups in total. The zero-order valence-corrected chi connectivity index (χ0v) is 6.57. The molecule has 4 heteroatoms. The Balaban J connectivity index is 2.28. The topological polar surface area (TPSA) is 54.6 Å². The van der Waals surface area contributed by atoms with E-state index in [2.05, 4.69) is 10.3 Å². The molecule has 0 bridgehead atoms. The van der Waals surface area contributed by atoms with Crippen LogP contribution in [0.15, 0.2) is 28.0 Å². The van der Waals surface area contributed by atoms with E-state index >= 15 is 0 Å². The van der Waals surface area contributed by atoms with Crippen LogP contribution in [0.5, 0.6) is 0 Å². The Morgan fingerprint density at radius 2 is 2.50 bits per heavy atom. The van der Waals surface area contributed by atoms with Gasteiger partial charge in [-0.15, -0.1) is 0 Å². The first-order valence-corrected chi connectivity index (χ1v) is 3.68. The van der Waals surface area contributed by atoms with Crippen LogP contribution in [-0.4, -0.2) is 17.8 Å². The minimum atomic E-state index is -0.283. The average molecular weight is 164 g/mol. The quantitative estimate of drug-likeness (QED) is 0.658. The SMILES string of the molecule is CC1N=C(c2ccoc2)NC1=O. The summed E-state index contributed by atoms with van der Waals surface area (Å²) in [6, 6.07) is 1.48. The number of nitrogens with one attached hydrogen (secondary N) is 1. The monoisotopic (exact) mass is 164 g/mol. The molecule has 2 heterocycles. The van der Waals surface area contributed by atoms with Crippen molar-refractivity contribution in [2.45, 2.75) is 13.0 Å². The van der Waals surface area contributed by atoms with Gasteiger partial charge in [0.2, 0.25) is 5.91 Å². The minimum Gasteiger partial charge on any atom is -0.472 e. The molecule has 1 amide bonds. The first-order valence-electron chi connectivity index (χ1n) is 3.68. The number of furan rings is 1. The fourth-order valence-corrected chi connectivity index (χ4v) is 1.05. The Morgan fingerprint density at radius 1 is 1.67 bits per heavy atom. The van der Waals surface area contributed by atoms with Crippen molar-refractivity contribution in [1.29, 1.82) is 0 Å². The summed E-state index contributed by atoms with van der Waals surface area (Å²) >= 11 is 0. The predicted molar refractivity (Wildman–Crippen MR) is 42.8 cm³/mol. The highest BCUT2D eigenvalue weighted by Gasteiger charge is 2.22. The molecule has 0 radical (unpaired) electrons. The van der Waals surface area contributed by atoms with Crippen molar-refractivity contribution >= 4 is 11.7 Å².